The van der Waals surface area contributed by atoms with Crippen LogP contribution < -0.4 is 28.0 Å². The summed E-state index contributed by atoms with van der Waals surface area (Å²) in [5, 5.41) is 6.39. The molecule has 4 rings (SSSR count). The van der Waals surface area contributed by atoms with Crippen LogP contribution in [0.1, 0.15) is 12.0 Å². The molecule has 1 aromatic heterocycles. The van der Waals surface area contributed by atoms with E-state index in [1.54, 1.807) is 18.3 Å². The maximum atomic E-state index is 14.8. The van der Waals surface area contributed by atoms with E-state index in [1.807, 2.05) is 54.6 Å². The zero-order valence-corrected chi connectivity index (χ0v) is 18.3. The highest BCUT2D eigenvalue weighted by Gasteiger charge is 2.11. The van der Waals surface area contributed by atoms with Gasteiger partial charge in [0.15, 0.2) is 5.82 Å². The Labute approximate surface area is 195 Å². The van der Waals surface area contributed by atoms with Gasteiger partial charge in [-0.15, -0.1) is 0 Å². The first kappa shape index (κ1) is 22.7. The lowest BCUT2D eigenvalue weighted by molar-refractivity contribution is 0.632. The van der Waals surface area contributed by atoms with Crippen molar-refractivity contribution in [1.29, 1.82) is 0 Å². The summed E-state index contributed by atoms with van der Waals surface area (Å²) in [6.45, 7) is 0. The summed E-state index contributed by atoms with van der Waals surface area (Å²) in [6.07, 6.45) is 4.29. The van der Waals surface area contributed by atoms with E-state index >= 15 is 0 Å². The maximum Gasteiger partial charge on any atom is 0.298 e. The normalized spacial score (nSPS) is 11.3. The molecule has 3 aromatic carbocycles. The minimum Gasteiger partial charge on any atom is -0.333 e. The first-order valence-corrected chi connectivity index (χ1v) is 10.6. The largest absolute Gasteiger partial charge is 0.333 e. The molecule has 34 heavy (non-hydrogen) atoms. The van der Waals surface area contributed by atoms with Gasteiger partial charge in [-0.25, -0.2) is 15.2 Å². The molecule has 0 bridgehead atoms. The van der Waals surface area contributed by atoms with Gasteiger partial charge in [0.1, 0.15) is 11.7 Å². The molecule has 4 aromatic rings. The van der Waals surface area contributed by atoms with Gasteiger partial charge in [0.05, 0.1) is 5.69 Å². The van der Waals surface area contributed by atoms with Crippen molar-refractivity contribution < 1.29 is 4.39 Å². The summed E-state index contributed by atoms with van der Waals surface area (Å²) in [6, 6.07) is 21.8. The Hall–Kier alpha value is -4.50. The van der Waals surface area contributed by atoms with Gasteiger partial charge in [0.2, 0.25) is 0 Å². The number of aryl methyl sites for hydroxylation is 1. The number of hydrogen-bond donors (Lipinski definition) is 4. The number of amidine groups is 1. The van der Waals surface area contributed by atoms with Crippen LogP contribution in [0.25, 0.3) is 16.8 Å². The zero-order chi connectivity index (χ0) is 23.9. The maximum absolute atomic E-state index is 14.8. The van der Waals surface area contributed by atoms with Crippen LogP contribution in [0, 0.1) is 5.82 Å². The lowest BCUT2D eigenvalue weighted by Crippen LogP contribution is -2.31. The number of aromatic nitrogens is 2. The van der Waals surface area contributed by atoms with Gasteiger partial charge in [-0.2, -0.15) is 5.10 Å². The Balaban J connectivity index is 1.53. The Morgan fingerprint density at radius 2 is 1.79 bits per heavy atom. The van der Waals surface area contributed by atoms with Crippen LogP contribution in [0.15, 0.2) is 95.1 Å². The summed E-state index contributed by atoms with van der Waals surface area (Å²) in [5.74, 6) is 10.6. The number of benzene rings is 3. The van der Waals surface area contributed by atoms with Crippen LogP contribution in [0.5, 0.6) is 0 Å². The van der Waals surface area contributed by atoms with Crippen molar-refractivity contribution in [3.63, 3.8) is 0 Å². The molecule has 0 saturated carbocycles. The molecule has 0 aliphatic heterocycles. The molecule has 0 aliphatic carbocycles. The topological polar surface area (TPSA) is 123 Å². The van der Waals surface area contributed by atoms with Gasteiger partial charge in [-0.1, -0.05) is 48.5 Å². The van der Waals surface area contributed by atoms with E-state index in [0.717, 1.165) is 16.7 Å². The standard InChI is InChI=1S/C25H24FN7O/c26-21-16-19(18-4-2-1-3-5-18)9-12-22(21)30-24-25(34)33(15-14-29-24)20-10-6-17(7-11-20)8-13-23(31-27)32-28/h1-7,9-12,14-16H,8,13,27-28H2,(H,29,30)(H,31,32). The van der Waals surface area contributed by atoms with Crippen LogP contribution in [-0.2, 0) is 6.42 Å². The molecule has 0 spiro atoms. The zero-order valence-electron chi connectivity index (χ0n) is 18.3. The number of halogens is 1. The first-order valence-electron chi connectivity index (χ1n) is 10.6. The number of hydrogen-bond acceptors (Lipinski definition) is 6. The highest BCUT2D eigenvalue weighted by atomic mass is 19.1. The van der Waals surface area contributed by atoms with E-state index in [0.29, 0.717) is 24.4 Å². The van der Waals surface area contributed by atoms with Crippen molar-refractivity contribution in [2.75, 3.05) is 5.32 Å². The molecule has 0 amide bonds. The molecule has 1 heterocycles. The summed E-state index contributed by atoms with van der Waals surface area (Å²) >= 11 is 0. The fourth-order valence-corrected chi connectivity index (χ4v) is 3.51. The van der Waals surface area contributed by atoms with Gasteiger partial charge in [-0.05, 0) is 47.4 Å². The molecule has 0 aliphatic rings. The number of nitrogens with two attached hydrogens (primary N) is 2. The smallest absolute Gasteiger partial charge is 0.298 e. The lowest BCUT2D eigenvalue weighted by atomic mass is 10.1. The third-order valence-corrected chi connectivity index (χ3v) is 5.36. The van der Waals surface area contributed by atoms with Gasteiger partial charge >= 0.3 is 0 Å². The van der Waals surface area contributed by atoms with E-state index in [1.165, 1.54) is 16.8 Å². The molecule has 0 unspecified atom stereocenters. The van der Waals surface area contributed by atoms with E-state index in [9.17, 15) is 9.18 Å². The Kier molecular flexibility index (Phi) is 6.95. The molecular formula is C25H24FN7O. The van der Waals surface area contributed by atoms with Crippen molar-refractivity contribution in [1.82, 2.24) is 15.0 Å². The predicted octanol–water partition coefficient (Wildman–Crippen LogP) is 3.45. The highest BCUT2D eigenvalue weighted by molar-refractivity contribution is 5.81. The average Bonchev–Trinajstić information content (AvgIpc) is 2.88. The van der Waals surface area contributed by atoms with Crippen molar-refractivity contribution in [2.24, 2.45) is 16.8 Å². The SMILES string of the molecule is N/N=C(/CCc1ccc(-n2ccnc(Nc3ccc(-c4ccccc4)cc3F)c2=O)cc1)NN. The van der Waals surface area contributed by atoms with E-state index < -0.39 is 11.4 Å². The number of hydrazine groups is 1. The molecule has 6 N–H and O–H groups in total. The molecule has 0 radical (unpaired) electrons. The van der Waals surface area contributed by atoms with Crippen LogP contribution in [0.2, 0.25) is 0 Å². The molecule has 0 atom stereocenters. The third kappa shape index (κ3) is 5.11. The second-order valence-electron chi connectivity index (χ2n) is 7.52. The van der Waals surface area contributed by atoms with Crippen molar-refractivity contribution in [2.45, 2.75) is 12.8 Å². The average molecular weight is 458 g/mol. The lowest BCUT2D eigenvalue weighted by Gasteiger charge is -2.11. The second kappa shape index (κ2) is 10.4. The third-order valence-electron chi connectivity index (χ3n) is 5.36. The van der Waals surface area contributed by atoms with E-state index in [2.05, 4.69) is 20.8 Å². The van der Waals surface area contributed by atoms with Crippen LogP contribution in [-0.4, -0.2) is 15.4 Å². The fraction of sp³-hybridized carbons (Fsp3) is 0.0800. The monoisotopic (exact) mass is 457 g/mol. The van der Waals surface area contributed by atoms with Gasteiger partial charge < -0.3 is 16.6 Å². The number of anilines is 2. The van der Waals surface area contributed by atoms with Gasteiger partial charge in [0, 0.05) is 24.5 Å². The number of hydrazone groups is 1. The van der Waals surface area contributed by atoms with E-state index in [-0.39, 0.29) is 11.5 Å². The molecule has 172 valence electrons. The van der Waals surface area contributed by atoms with Crippen molar-refractivity contribution in [3.8, 4) is 16.8 Å². The minimum atomic E-state index is -0.477. The molecule has 0 fully saturated rings. The summed E-state index contributed by atoms with van der Waals surface area (Å²) in [4.78, 5) is 17.1. The number of nitrogens with zero attached hydrogens (tertiary/aromatic N) is 3. The quantitative estimate of drug-likeness (QED) is 0.146. The molecule has 0 saturated heterocycles. The van der Waals surface area contributed by atoms with Gasteiger partial charge in [-0.3, -0.25) is 9.36 Å². The minimum absolute atomic E-state index is 0.0238. The van der Waals surface area contributed by atoms with Crippen LogP contribution >= 0.6 is 0 Å². The second-order valence-corrected chi connectivity index (χ2v) is 7.52. The summed E-state index contributed by atoms with van der Waals surface area (Å²) < 4.78 is 16.2. The Bertz CT molecular complexity index is 1350. The first-order chi connectivity index (χ1) is 16.6. The number of rotatable bonds is 7. The summed E-state index contributed by atoms with van der Waals surface area (Å²) in [7, 11) is 0. The number of nitrogens with one attached hydrogen (secondary N) is 2. The Morgan fingerprint density at radius 1 is 1.03 bits per heavy atom. The van der Waals surface area contributed by atoms with Crippen LogP contribution in [0.3, 0.4) is 0 Å². The Morgan fingerprint density at radius 3 is 2.47 bits per heavy atom. The molecule has 9 heteroatoms. The van der Waals surface area contributed by atoms with Crippen molar-refractivity contribution >= 4 is 17.3 Å². The molecule has 8 nitrogen and oxygen atoms in total. The predicted molar refractivity (Wildman–Crippen MR) is 132 cm³/mol. The fourth-order valence-electron chi connectivity index (χ4n) is 3.51. The highest BCUT2D eigenvalue weighted by Crippen LogP contribution is 2.25. The van der Waals surface area contributed by atoms with E-state index in [4.69, 9.17) is 11.7 Å². The summed E-state index contributed by atoms with van der Waals surface area (Å²) in [5.41, 5.74) is 5.55. The van der Waals surface area contributed by atoms with Crippen molar-refractivity contribution in [3.05, 3.63) is 107 Å². The van der Waals surface area contributed by atoms with Gasteiger partial charge in [0.25, 0.3) is 5.56 Å². The molecular weight excluding hydrogens is 433 g/mol. The van der Waals surface area contributed by atoms with Crippen LogP contribution in [0.4, 0.5) is 15.9 Å².